The molecule has 21 heavy (non-hydrogen) atoms. The molecular weight excluding hydrogens is 270 g/mol. The van der Waals surface area contributed by atoms with E-state index in [0.29, 0.717) is 24.5 Å². The van der Waals surface area contributed by atoms with Crippen molar-refractivity contribution in [2.75, 3.05) is 30.9 Å². The monoisotopic (exact) mass is 295 g/mol. The number of rotatable bonds is 6. The summed E-state index contributed by atoms with van der Waals surface area (Å²) in [6, 6.07) is 0.296. The van der Waals surface area contributed by atoms with E-state index in [9.17, 15) is 5.11 Å². The largest absolute Gasteiger partial charge is 0.461 e. The maximum absolute atomic E-state index is 10.5. The van der Waals surface area contributed by atoms with Gasteiger partial charge in [0.1, 0.15) is 0 Å². The Morgan fingerprint density at radius 3 is 2.52 bits per heavy atom. The first-order valence-electron chi connectivity index (χ1n) is 7.46. The molecule has 2 N–H and O–H groups in total. The van der Waals surface area contributed by atoms with Crippen molar-refractivity contribution in [1.82, 2.24) is 15.0 Å². The highest BCUT2D eigenvalue weighted by Crippen LogP contribution is 2.30. The van der Waals surface area contributed by atoms with Crippen molar-refractivity contribution in [3.63, 3.8) is 0 Å². The van der Waals surface area contributed by atoms with Gasteiger partial charge in [-0.3, -0.25) is 0 Å². The maximum atomic E-state index is 10.5. The number of aliphatic hydroxyl groups is 1. The third-order valence-corrected chi connectivity index (χ3v) is 3.57. The van der Waals surface area contributed by atoms with Crippen LogP contribution < -0.4 is 15.0 Å². The van der Waals surface area contributed by atoms with Gasteiger partial charge in [0.15, 0.2) is 0 Å². The molecule has 118 valence electrons. The standard InChI is InChI=1S/C14H25N5O2/c1-10(2)21-13-17-11(15-3)16-12(18-13)19(4)9-14(20)7-5-6-8-14/h10,20H,5-9H2,1-4H3,(H,15,16,17,18). The maximum Gasteiger partial charge on any atom is 0.323 e. The molecule has 0 amide bonds. The molecule has 1 aliphatic carbocycles. The minimum atomic E-state index is -0.639. The Kier molecular flexibility index (Phi) is 4.82. The molecule has 0 aromatic carbocycles. The zero-order chi connectivity index (χ0) is 15.5. The molecule has 1 fully saturated rings. The first kappa shape index (κ1) is 15.8. The molecule has 0 unspecified atom stereocenters. The molecule has 0 aliphatic heterocycles. The molecular formula is C14H25N5O2. The average Bonchev–Trinajstić information content (AvgIpc) is 2.84. The first-order chi connectivity index (χ1) is 9.92. The second-order valence-corrected chi connectivity index (χ2v) is 5.95. The summed E-state index contributed by atoms with van der Waals surface area (Å²) in [7, 11) is 3.63. The Morgan fingerprint density at radius 1 is 1.29 bits per heavy atom. The van der Waals surface area contributed by atoms with Crippen LogP contribution in [0.1, 0.15) is 39.5 Å². The molecule has 1 saturated carbocycles. The van der Waals surface area contributed by atoms with Crippen LogP contribution in [0.25, 0.3) is 0 Å². The van der Waals surface area contributed by atoms with E-state index in [1.807, 2.05) is 25.8 Å². The van der Waals surface area contributed by atoms with Crippen LogP contribution in [-0.2, 0) is 0 Å². The number of hydrogen-bond acceptors (Lipinski definition) is 7. The highest BCUT2D eigenvalue weighted by Gasteiger charge is 2.33. The fraction of sp³-hybridized carbons (Fsp3) is 0.786. The Labute approximate surface area is 125 Å². The number of likely N-dealkylation sites (N-methyl/N-ethyl adjacent to an activating group) is 1. The van der Waals surface area contributed by atoms with Crippen molar-refractivity contribution in [2.24, 2.45) is 0 Å². The fourth-order valence-corrected chi connectivity index (χ4v) is 2.60. The summed E-state index contributed by atoms with van der Waals surface area (Å²) in [5, 5.41) is 13.4. The van der Waals surface area contributed by atoms with Gasteiger partial charge < -0.3 is 20.1 Å². The van der Waals surface area contributed by atoms with Gasteiger partial charge in [-0.05, 0) is 26.7 Å². The highest BCUT2D eigenvalue weighted by atomic mass is 16.5. The third-order valence-electron chi connectivity index (χ3n) is 3.57. The van der Waals surface area contributed by atoms with Crippen LogP contribution in [0.3, 0.4) is 0 Å². The summed E-state index contributed by atoms with van der Waals surface area (Å²) >= 11 is 0. The summed E-state index contributed by atoms with van der Waals surface area (Å²) in [6.45, 7) is 4.36. The molecule has 0 bridgehead atoms. The third kappa shape index (κ3) is 4.17. The van der Waals surface area contributed by atoms with Gasteiger partial charge in [0, 0.05) is 20.6 Å². The summed E-state index contributed by atoms with van der Waals surface area (Å²) in [5.41, 5.74) is -0.639. The summed E-state index contributed by atoms with van der Waals surface area (Å²) in [5.74, 6) is 0.964. The zero-order valence-corrected chi connectivity index (χ0v) is 13.3. The van der Waals surface area contributed by atoms with Crippen LogP contribution in [0.5, 0.6) is 6.01 Å². The van der Waals surface area contributed by atoms with E-state index in [-0.39, 0.29) is 6.10 Å². The average molecular weight is 295 g/mol. The quantitative estimate of drug-likeness (QED) is 0.821. The van der Waals surface area contributed by atoms with Gasteiger partial charge in [-0.1, -0.05) is 12.8 Å². The van der Waals surface area contributed by atoms with E-state index >= 15 is 0 Å². The predicted octanol–water partition coefficient (Wildman–Crippen LogP) is 1.44. The van der Waals surface area contributed by atoms with Gasteiger partial charge in [-0.15, -0.1) is 0 Å². The number of hydrogen-bond donors (Lipinski definition) is 2. The van der Waals surface area contributed by atoms with Crippen molar-refractivity contribution in [3.05, 3.63) is 0 Å². The second-order valence-electron chi connectivity index (χ2n) is 5.95. The predicted molar refractivity (Wildman–Crippen MR) is 81.8 cm³/mol. The molecule has 7 heteroatoms. The van der Waals surface area contributed by atoms with Crippen LogP contribution in [0.15, 0.2) is 0 Å². The molecule has 1 aromatic heterocycles. The minimum Gasteiger partial charge on any atom is -0.461 e. The molecule has 1 aromatic rings. The lowest BCUT2D eigenvalue weighted by molar-refractivity contribution is 0.0555. The minimum absolute atomic E-state index is 0.00530. The zero-order valence-electron chi connectivity index (χ0n) is 13.3. The van der Waals surface area contributed by atoms with Gasteiger partial charge in [0.2, 0.25) is 11.9 Å². The van der Waals surface area contributed by atoms with E-state index in [1.165, 1.54) is 0 Å². The van der Waals surface area contributed by atoms with Gasteiger partial charge in [-0.25, -0.2) is 0 Å². The lowest BCUT2D eigenvalue weighted by atomic mass is 10.0. The lowest BCUT2D eigenvalue weighted by Crippen LogP contribution is -2.40. The van der Waals surface area contributed by atoms with Crippen LogP contribution in [0, 0.1) is 0 Å². The van der Waals surface area contributed by atoms with Crippen LogP contribution in [0.2, 0.25) is 0 Å². The molecule has 0 atom stereocenters. The fourth-order valence-electron chi connectivity index (χ4n) is 2.60. The number of anilines is 2. The Balaban J connectivity index is 2.16. The Hall–Kier alpha value is -1.63. The van der Waals surface area contributed by atoms with E-state index in [0.717, 1.165) is 25.7 Å². The second kappa shape index (κ2) is 6.43. The first-order valence-corrected chi connectivity index (χ1v) is 7.46. The summed E-state index contributed by atoms with van der Waals surface area (Å²) in [4.78, 5) is 14.7. The molecule has 2 rings (SSSR count). The summed E-state index contributed by atoms with van der Waals surface area (Å²) in [6.07, 6.45) is 3.80. The van der Waals surface area contributed by atoms with Gasteiger partial charge in [-0.2, -0.15) is 15.0 Å². The van der Waals surface area contributed by atoms with Gasteiger partial charge >= 0.3 is 6.01 Å². The van der Waals surface area contributed by atoms with Gasteiger partial charge in [0.25, 0.3) is 0 Å². The van der Waals surface area contributed by atoms with E-state index in [2.05, 4.69) is 20.3 Å². The lowest BCUT2D eigenvalue weighted by Gasteiger charge is -2.28. The normalized spacial score (nSPS) is 17.0. The summed E-state index contributed by atoms with van der Waals surface area (Å²) < 4.78 is 5.55. The number of ether oxygens (including phenoxy) is 1. The van der Waals surface area contributed by atoms with Crippen molar-refractivity contribution in [1.29, 1.82) is 0 Å². The Morgan fingerprint density at radius 2 is 1.95 bits per heavy atom. The van der Waals surface area contributed by atoms with E-state index in [4.69, 9.17) is 4.74 Å². The molecule has 0 saturated heterocycles. The number of nitrogens with zero attached hydrogens (tertiary/aromatic N) is 4. The van der Waals surface area contributed by atoms with Crippen molar-refractivity contribution >= 4 is 11.9 Å². The number of aromatic nitrogens is 3. The Bertz CT molecular complexity index is 474. The molecule has 1 aliphatic rings. The molecule has 0 radical (unpaired) electrons. The van der Waals surface area contributed by atoms with E-state index < -0.39 is 5.60 Å². The van der Waals surface area contributed by atoms with Crippen molar-refractivity contribution < 1.29 is 9.84 Å². The van der Waals surface area contributed by atoms with Crippen LogP contribution in [-0.4, -0.2) is 52.4 Å². The molecule has 1 heterocycles. The number of nitrogens with one attached hydrogen (secondary N) is 1. The van der Waals surface area contributed by atoms with Crippen LogP contribution in [0.4, 0.5) is 11.9 Å². The SMILES string of the molecule is CNc1nc(OC(C)C)nc(N(C)CC2(O)CCCC2)n1. The topological polar surface area (TPSA) is 83.4 Å². The van der Waals surface area contributed by atoms with Crippen LogP contribution >= 0.6 is 0 Å². The molecule has 7 nitrogen and oxygen atoms in total. The molecule has 0 spiro atoms. The highest BCUT2D eigenvalue weighted by molar-refractivity contribution is 5.37. The van der Waals surface area contributed by atoms with Crippen molar-refractivity contribution in [2.45, 2.75) is 51.2 Å². The van der Waals surface area contributed by atoms with E-state index in [1.54, 1.807) is 7.05 Å². The smallest absolute Gasteiger partial charge is 0.323 e. The van der Waals surface area contributed by atoms with Crippen molar-refractivity contribution in [3.8, 4) is 6.01 Å². The van der Waals surface area contributed by atoms with Gasteiger partial charge in [0.05, 0.1) is 11.7 Å².